The monoisotopic (exact) mass is 234 g/mol. The summed E-state index contributed by atoms with van der Waals surface area (Å²) in [6, 6.07) is 2.75. The van der Waals surface area contributed by atoms with Gasteiger partial charge in [-0.05, 0) is 56.5 Å². The van der Waals surface area contributed by atoms with E-state index in [1.54, 1.807) is 0 Å². The molecule has 2 heteroatoms. The van der Waals surface area contributed by atoms with Crippen LogP contribution in [0.1, 0.15) is 52.9 Å². The Labute approximate surface area is 106 Å². The lowest BCUT2D eigenvalue weighted by Crippen LogP contribution is -2.56. The summed E-state index contributed by atoms with van der Waals surface area (Å²) in [6.07, 6.45) is 6.20. The van der Waals surface area contributed by atoms with Crippen LogP contribution in [0.4, 0.5) is 0 Å². The molecule has 2 aliphatic rings. The van der Waals surface area contributed by atoms with Gasteiger partial charge < -0.3 is 0 Å². The third-order valence-corrected chi connectivity index (χ3v) is 4.91. The quantitative estimate of drug-likeness (QED) is 0.732. The molecule has 3 atom stereocenters. The molecule has 96 valence electrons. The molecule has 0 aromatic carbocycles. The van der Waals surface area contributed by atoms with E-state index in [2.05, 4.69) is 31.7 Å². The van der Waals surface area contributed by atoms with E-state index in [1.165, 1.54) is 25.7 Å². The third-order valence-electron chi connectivity index (χ3n) is 4.91. The molecule has 0 radical (unpaired) electrons. The Morgan fingerprint density at radius 2 is 1.88 bits per heavy atom. The predicted octanol–water partition coefficient (Wildman–Crippen LogP) is 3.44. The van der Waals surface area contributed by atoms with Crippen LogP contribution in [0.5, 0.6) is 0 Å². The van der Waals surface area contributed by atoms with E-state index in [0.29, 0.717) is 17.8 Å². The Balaban J connectivity index is 2.28. The molecule has 2 nitrogen and oxygen atoms in total. The fourth-order valence-corrected chi connectivity index (χ4v) is 4.05. The fraction of sp³-hybridized carbons (Fsp3) is 0.933. The summed E-state index contributed by atoms with van der Waals surface area (Å²) in [5, 5.41) is 9.85. The number of hydrogen-bond acceptors (Lipinski definition) is 2. The second-order valence-electron chi connectivity index (χ2n) is 6.47. The van der Waals surface area contributed by atoms with Gasteiger partial charge in [-0.2, -0.15) is 5.26 Å². The van der Waals surface area contributed by atoms with Crippen molar-refractivity contribution < 1.29 is 0 Å². The van der Waals surface area contributed by atoms with Gasteiger partial charge in [0.2, 0.25) is 0 Å². The molecule has 2 fully saturated rings. The molecule has 1 saturated carbocycles. The van der Waals surface area contributed by atoms with E-state index in [-0.39, 0.29) is 5.54 Å². The first-order valence-corrected chi connectivity index (χ1v) is 7.26. The number of nitrogens with zero attached hydrogens (tertiary/aromatic N) is 2. The van der Waals surface area contributed by atoms with Crippen molar-refractivity contribution in [3.8, 4) is 6.07 Å². The van der Waals surface area contributed by atoms with Gasteiger partial charge in [0.25, 0.3) is 0 Å². The molecule has 0 aromatic heterocycles. The largest absolute Gasteiger partial charge is 0.285 e. The minimum absolute atomic E-state index is 0.150. The summed E-state index contributed by atoms with van der Waals surface area (Å²) in [7, 11) is 0. The van der Waals surface area contributed by atoms with Gasteiger partial charge in [-0.25, -0.2) is 0 Å². The minimum atomic E-state index is -0.150. The maximum Gasteiger partial charge on any atom is 0.112 e. The topological polar surface area (TPSA) is 27.0 Å². The highest BCUT2D eigenvalue weighted by molar-refractivity contribution is 5.15. The van der Waals surface area contributed by atoms with Crippen LogP contribution in [-0.4, -0.2) is 23.5 Å². The second kappa shape index (κ2) is 4.98. The second-order valence-corrected chi connectivity index (χ2v) is 6.47. The normalized spacial score (nSPS) is 39.5. The van der Waals surface area contributed by atoms with Crippen LogP contribution in [0.2, 0.25) is 0 Å². The van der Waals surface area contributed by atoms with Gasteiger partial charge in [0.15, 0.2) is 0 Å². The molecule has 0 N–H and O–H groups in total. The Morgan fingerprint density at radius 3 is 2.41 bits per heavy atom. The molecule has 1 aliphatic heterocycles. The zero-order valence-electron chi connectivity index (χ0n) is 11.6. The summed E-state index contributed by atoms with van der Waals surface area (Å²) >= 11 is 0. The van der Waals surface area contributed by atoms with Gasteiger partial charge in [0.05, 0.1) is 6.07 Å². The van der Waals surface area contributed by atoms with E-state index in [9.17, 15) is 5.26 Å². The highest BCUT2D eigenvalue weighted by Crippen LogP contribution is 2.45. The molecule has 2 rings (SSSR count). The smallest absolute Gasteiger partial charge is 0.112 e. The predicted molar refractivity (Wildman–Crippen MR) is 70.5 cm³/mol. The zero-order chi connectivity index (χ0) is 12.5. The van der Waals surface area contributed by atoms with Crippen molar-refractivity contribution >= 4 is 0 Å². The average Bonchev–Trinajstić information content (AvgIpc) is 2.81. The fourth-order valence-electron chi connectivity index (χ4n) is 4.05. The third kappa shape index (κ3) is 2.22. The summed E-state index contributed by atoms with van der Waals surface area (Å²) in [4.78, 5) is 2.51. The van der Waals surface area contributed by atoms with Crippen molar-refractivity contribution in [2.75, 3.05) is 13.1 Å². The van der Waals surface area contributed by atoms with Crippen molar-refractivity contribution in [2.24, 2.45) is 17.8 Å². The van der Waals surface area contributed by atoms with Crippen LogP contribution in [0.3, 0.4) is 0 Å². The summed E-state index contributed by atoms with van der Waals surface area (Å²) < 4.78 is 0. The molecule has 0 amide bonds. The number of nitriles is 1. The maximum atomic E-state index is 9.85. The van der Waals surface area contributed by atoms with Crippen molar-refractivity contribution in [2.45, 2.75) is 58.4 Å². The van der Waals surface area contributed by atoms with Gasteiger partial charge in [0, 0.05) is 0 Å². The minimum Gasteiger partial charge on any atom is -0.285 e. The standard InChI is InChI=1S/C15H26N2/c1-12(2)14-7-6-13(3)10-15(14,11-16)17-8-4-5-9-17/h12-14H,4-10H2,1-3H3. The van der Waals surface area contributed by atoms with Crippen molar-refractivity contribution in [3.63, 3.8) is 0 Å². The van der Waals surface area contributed by atoms with Gasteiger partial charge in [0.1, 0.15) is 5.54 Å². The van der Waals surface area contributed by atoms with Gasteiger partial charge >= 0.3 is 0 Å². The van der Waals surface area contributed by atoms with Crippen LogP contribution in [0, 0.1) is 29.1 Å². The molecule has 1 aliphatic carbocycles. The molecule has 1 heterocycles. The number of hydrogen-bond donors (Lipinski definition) is 0. The highest BCUT2D eigenvalue weighted by Gasteiger charge is 2.49. The lowest BCUT2D eigenvalue weighted by Gasteiger charge is -2.49. The van der Waals surface area contributed by atoms with Gasteiger partial charge in [-0.3, -0.25) is 4.90 Å². The van der Waals surface area contributed by atoms with Crippen LogP contribution >= 0.6 is 0 Å². The molecule has 0 spiro atoms. The molecule has 17 heavy (non-hydrogen) atoms. The van der Waals surface area contributed by atoms with E-state index in [1.807, 2.05) is 0 Å². The van der Waals surface area contributed by atoms with Crippen molar-refractivity contribution in [3.05, 3.63) is 0 Å². The molecule has 1 saturated heterocycles. The van der Waals surface area contributed by atoms with E-state index in [0.717, 1.165) is 19.5 Å². The lowest BCUT2D eigenvalue weighted by atomic mass is 9.65. The molecule has 3 unspecified atom stereocenters. The van der Waals surface area contributed by atoms with E-state index in [4.69, 9.17) is 0 Å². The lowest BCUT2D eigenvalue weighted by molar-refractivity contribution is 0.0211. The first kappa shape index (κ1) is 12.9. The number of rotatable bonds is 2. The SMILES string of the molecule is CC1CCC(C(C)C)C(C#N)(N2CCCC2)C1. The van der Waals surface area contributed by atoms with E-state index >= 15 is 0 Å². The maximum absolute atomic E-state index is 9.85. The van der Waals surface area contributed by atoms with Crippen LogP contribution in [0.25, 0.3) is 0 Å². The van der Waals surface area contributed by atoms with Crippen LogP contribution in [0.15, 0.2) is 0 Å². The molecular formula is C15H26N2. The average molecular weight is 234 g/mol. The Hall–Kier alpha value is -0.550. The van der Waals surface area contributed by atoms with Crippen LogP contribution in [-0.2, 0) is 0 Å². The first-order chi connectivity index (χ1) is 8.10. The molecule has 0 aromatic rings. The molecular weight excluding hydrogens is 208 g/mol. The Kier molecular flexibility index (Phi) is 3.78. The summed E-state index contributed by atoms with van der Waals surface area (Å²) in [5.41, 5.74) is -0.150. The van der Waals surface area contributed by atoms with Crippen LogP contribution < -0.4 is 0 Å². The number of likely N-dealkylation sites (tertiary alicyclic amines) is 1. The van der Waals surface area contributed by atoms with Crippen molar-refractivity contribution in [1.29, 1.82) is 5.26 Å². The van der Waals surface area contributed by atoms with Crippen molar-refractivity contribution in [1.82, 2.24) is 4.90 Å². The Bertz CT molecular complexity index is 299. The van der Waals surface area contributed by atoms with Gasteiger partial charge in [-0.15, -0.1) is 0 Å². The first-order valence-electron chi connectivity index (χ1n) is 7.26. The summed E-state index contributed by atoms with van der Waals surface area (Å²) in [6.45, 7) is 9.19. The Morgan fingerprint density at radius 1 is 1.24 bits per heavy atom. The van der Waals surface area contributed by atoms with Gasteiger partial charge in [-0.1, -0.05) is 27.2 Å². The zero-order valence-corrected chi connectivity index (χ0v) is 11.6. The highest BCUT2D eigenvalue weighted by atomic mass is 15.2. The van der Waals surface area contributed by atoms with E-state index < -0.39 is 0 Å². The summed E-state index contributed by atoms with van der Waals surface area (Å²) in [5.74, 6) is 1.91. The molecule has 0 bridgehead atoms.